The van der Waals surface area contributed by atoms with Crippen molar-refractivity contribution in [3.05, 3.63) is 59.2 Å². The molecule has 3 amide bonds. The van der Waals surface area contributed by atoms with E-state index in [1.165, 1.54) is 0 Å². The number of carbonyl (C=O) groups is 3. The number of amides is 3. The fourth-order valence-electron chi connectivity index (χ4n) is 4.36. The van der Waals surface area contributed by atoms with Gasteiger partial charge in [0.2, 0.25) is 5.91 Å². The number of nitrogens with one attached hydrogen (secondary N) is 1. The van der Waals surface area contributed by atoms with Crippen LogP contribution in [0, 0.1) is 0 Å². The number of carbonyl (C=O) groups excluding carboxylic acids is 3. The van der Waals surface area contributed by atoms with Gasteiger partial charge in [0.25, 0.3) is 11.8 Å². The molecule has 1 fully saturated rings. The second-order valence-electron chi connectivity index (χ2n) is 7.74. The molecule has 0 aliphatic carbocycles. The second kappa shape index (κ2) is 8.18. The fraction of sp³-hybridized carbons (Fsp3) is 0.348. The van der Waals surface area contributed by atoms with Crippen molar-refractivity contribution in [1.82, 2.24) is 4.90 Å². The van der Waals surface area contributed by atoms with Gasteiger partial charge in [0.05, 0.1) is 11.3 Å². The van der Waals surface area contributed by atoms with E-state index < -0.39 is 5.91 Å². The molecule has 30 heavy (non-hydrogen) atoms. The Balaban J connectivity index is 1.61. The maximum Gasteiger partial charge on any atom is 0.257 e. The molecule has 2 aromatic rings. The highest BCUT2D eigenvalue weighted by Crippen LogP contribution is 2.35. The lowest BCUT2D eigenvalue weighted by molar-refractivity contribution is 0.0656. The van der Waals surface area contributed by atoms with E-state index in [1.54, 1.807) is 36.4 Å². The second-order valence-corrected chi connectivity index (χ2v) is 7.74. The standard InChI is InChI=1S/C23H26N4O3/c1-2-26-19-14-16(22(29)25-17-10-7-15(8-11-17)21(24)28)9-12-18(19)23(30)27-13-5-3-4-6-20(26)27/h7-12,14,20H,2-6,13H2,1H3,(H2,24,28)(H,25,29)/t20-/m0/s1. The minimum Gasteiger partial charge on any atom is -0.366 e. The summed E-state index contributed by atoms with van der Waals surface area (Å²) in [5.41, 5.74) is 8.16. The lowest BCUT2D eigenvalue weighted by Crippen LogP contribution is -2.55. The SMILES string of the molecule is CCN1c2cc(C(=O)Nc3ccc(C(N)=O)cc3)ccc2C(=O)N2CCCCC[C@H]21. The minimum atomic E-state index is -0.514. The molecule has 0 aromatic heterocycles. The van der Waals surface area contributed by atoms with Crippen molar-refractivity contribution >= 4 is 29.1 Å². The number of hydrogen-bond donors (Lipinski definition) is 2. The van der Waals surface area contributed by atoms with Crippen molar-refractivity contribution in [3.8, 4) is 0 Å². The van der Waals surface area contributed by atoms with Crippen LogP contribution in [0.5, 0.6) is 0 Å². The molecule has 156 valence electrons. The Labute approximate surface area is 175 Å². The predicted octanol–water partition coefficient (Wildman–Crippen LogP) is 3.22. The van der Waals surface area contributed by atoms with Gasteiger partial charge in [0, 0.05) is 29.9 Å². The fourth-order valence-corrected chi connectivity index (χ4v) is 4.36. The van der Waals surface area contributed by atoms with E-state index in [9.17, 15) is 14.4 Å². The molecule has 7 heteroatoms. The maximum atomic E-state index is 13.1. The molecule has 0 spiro atoms. The Hall–Kier alpha value is -3.35. The van der Waals surface area contributed by atoms with Gasteiger partial charge >= 0.3 is 0 Å². The van der Waals surface area contributed by atoms with Gasteiger partial charge in [-0.1, -0.05) is 6.42 Å². The molecule has 0 saturated carbocycles. The van der Waals surface area contributed by atoms with Gasteiger partial charge in [-0.2, -0.15) is 0 Å². The van der Waals surface area contributed by atoms with Crippen LogP contribution in [0.1, 0.15) is 63.7 Å². The van der Waals surface area contributed by atoms with Gasteiger partial charge in [-0.25, -0.2) is 0 Å². The molecule has 0 radical (unpaired) electrons. The average Bonchev–Trinajstić information content (AvgIpc) is 3.00. The first-order valence-electron chi connectivity index (χ1n) is 10.4. The molecular weight excluding hydrogens is 380 g/mol. The molecule has 1 saturated heterocycles. The van der Waals surface area contributed by atoms with Crippen LogP contribution in [0.4, 0.5) is 11.4 Å². The number of nitrogens with two attached hydrogens (primary N) is 1. The Morgan fingerprint density at radius 3 is 2.50 bits per heavy atom. The molecule has 3 N–H and O–H groups in total. The smallest absolute Gasteiger partial charge is 0.257 e. The third-order valence-electron chi connectivity index (χ3n) is 5.91. The summed E-state index contributed by atoms with van der Waals surface area (Å²) in [5.74, 6) is -0.730. The summed E-state index contributed by atoms with van der Waals surface area (Å²) in [6.07, 6.45) is 4.27. The highest BCUT2D eigenvalue weighted by molar-refractivity contribution is 6.08. The summed E-state index contributed by atoms with van der Waals surface area (Å²) in [7, 11) is 0. The predicted molar refractivity (Wildman–Crippen MR) is 116 cm³/mol. The normalized spacial score (nSPS) is 18.3. The van der Waals surface area contributed by atoms with E-state index >= 15 is 0 Å². The largest absolute Gasteiger partial charge is 0.366 e. The van der Waals surface area contributed by atoms with Gasteiger partial charge < -0.3 is 20.9 Å². The van der Waals surface area contributed by atoms with Gasteiger partial charge in [0.1, 0.15) is 6.17 Å². The summed E-state index contributed by atoms with van der Waals surface area (Å²) in [6.45, 7) is 3.62. The van der Waals surface area contributed by atoms with Crippen LogP contribution >= 0.6 is 0 Å². The van der Waals surface area contributed by atoms with Crippen molar-refractivity contribution in [2.45, 2.75) is 38.8 Å². The van der Waals surface area contributed by atoms with Gasteiger partial charge in [-0.3, -0.25) is 14.4 Å². The van der Waals surface area contributed by atoms with Crippen LogP contribution in [0.2, 0.25) is 0 Å². The van der Waals surface area contributed by atoms with Crippen LogP contribution in [0.25, 0.3) is 0 Å². The lowest BCUT2D eigenvalue weighted by atomic mass is 10.0. The average molecular weight is 406 g/mol. The molecule has 2 aromatic carbocycles. The van der Waals surface area contributed by atoms with E-state index in [4.69, 9.17) is 5.73 Å². The highest BCUT2D eigenvalue weighted by Gasteiger charge is 2.37. The molecule has 2 aliphatic rings. The topological polar surface area (TPSA) is 95.7 Å². The first-order valence-corrected chi connectivity index (χ1v) is 10.4. The van der Waals surface area contributed by atoms with Gasteiger partial charge in [-0.05, 0) is 68.7 Å². The number of fused-ring (bicyclic) bond motifs is 2. The Morgan fingerprint density at radius 2 is 1.80 bits per heavy atom. The van der Waals surface area contributed by atoms with Crippen molar-refractivity contribution in [2.24, 2.45) is 5.73 Å². The van der Waals surface area contributed by atoms with E-state index in [0.29, 0.717) is 22.4 Å². The third-order valence-corrected chi connectivity index (χ3v) is 5.91. The molecule has 2 heterocycles. The van der Waals surface area contributed by atoms with E-state index in [-0.39, 0.29) is 18.0 Å². The summed E-state index contributed by atoms with van der Waals surface area (Å²) >= 11 is 0. The number of nitrogens with zero attached hydrogens (tertiary/aromatic N) is 2. The van der Waals surface area contributed by atoms with E-state index in [0.717, 1.165) is 44.5 Å². The summed E-state index contributed by atoms with van der Waals surface area (Å²) in [4.78, 5) is 41.3. The number of anilines is 2. The number of benzene rings is 2. The van der Waals surface area contributed by atoms with Crippen molar-refractivity contribution in [2.75, 3.05) is 23.3 Å². The Kier molecular flexibility index (Phi) is 5.44. The first-order chi connectivity index (χ1) is 14.5. The molecule has 4 rings (SSSR count). The highest BCUT2D eigenvalue weighted by atomic mass is 16.2. The van der Waals surface area contributed by atoms with Crippen LogP contribution in [-0.4, -0.2) is 41.9 Å². The quantitative estimate of drug-likeness (QED) is 0.815. The molecule has 7 nitrogen and oxygen atoms in total. The first kappa shape index (κ1) is 19.9. The molecule has 0 bridgehead atoms. The molecule has 0 unspecified atom stereocenters. The monoisotopic (exact) mass is 406 g/mol. The van der Waals surface area contributed by atoms with Crippen LogP contribution in [0.3, 0.4) is 0 Å². The lowest BCUT2D eigenvalue weighted by Gasteiger charge is -2.44. The zero-order chi connectivity index (χ0) is 21.3. The summed E-state index contributed by atoms with van der Waals surface area (Å²) in [5, 5.41) is 2.84. The minimum absolute atomic E-state index is 0.0515. The van der Waals surface area contributed by atoms with Crippen LogP contribution < -0.4 is 16.0 Å². The number of primary amides is 1. The summed E-state index contributed by atoms with van der Waals surface area (Å²) in [6, 6.07) is 11.7. The maximum absolute atomic E-state index is 13.1. The third kappa shape index (κ3) is 3.63. The Bertz CT molecular complexity index is 986. The van der Waals surface area contributed by atoms with Crippen LogP contribution in [-0.2, 0) is 0 Å². The van der Waals surface area contributed by atoms with Crippen molar-refractivity contribution in [1.29, 1.82) is 0 Å². The zero-order valence-electron chi connectivity index (χ0n) is 17.1. The van der Waals surface area contributed by atoms with E-state index in [1.807, 2.05) is 11.0 Å². The van der Waals surface area contributed by atoms with Crippen LogP contribution in [0.15, 0.2) is 42.5 Å². The Morgan fingerprint density at radius 1 is 1.07 bits per heavy atom. The zero-order valence-corrected chi connectivity index (χ0v) is 17.1. The summed E-state index contributed by atoms with van der Waals surface area (Å²) < 4.78 is 0. The van der Waals surface area contributed by atoms with E-state index in [2.05, 4.69) is 17.1 Å². The molecule has 2 aliphatic heterocycles. The van der Waals surface area contributed by atoms with Crippen molar-refractivity contribution in [3.63, 3.8) is 0 Å². The van der Waals surface area contributed by atoms with Crippen molar-refractivity contribution < 1.29 is 14.4 Å². The number of rotatable bonds is 4. The van der Waals surface area contributed by atoms with Gasteiger partial charge in [0.15, 0.2) is 0 Å². The molecular formula is C23H26N4O3. The van der Waals surface area contributed by atoms with Gasteiger partial charge in [-0.15, -0.1) is 0 Å². The number of hydrogen-bond acceptors (Lipinski definition) is 4. The molecule has 1 atom stereocenters.